The third kappa shape index (κ3) is 5.50. The monoisotopic (exact) mass is 444 g/mol. The van der Waals surface area contributed by atoms with Crippen molar-refractivity contribution in [3.63, 3.8) is 0 Å². The molecule has 0 aliphatic carbocycles. The van der Waals surface area contributed by atoms with E-state index < -0.39 is 0 Å². The second-order valence-corrected chi connectivity index (χ2v) is 8.88. The summed E-state index contributed by atoms with van der Waals surface area (Å²) >= 11 is 2.74. The lowest BCUT2D eigenvalue weighted by Gasteiger charge is -2.38. The van der Waals surface area contributed by atoms with Gasteiger partial charge in [-0.05, 0) is 62.1 Å². The number of nitrogens with one attached hydrogen (secondary N) is 1. The number of rotatable bonds is 4. The van der Waals surface area contributed by atoms with Crippen LogP contribution in [0.1, 0.15) is 37.3 Å². The molecule has 0 amide bonds. The van der Waals surface area contributed by atoms with E-state index in [1.54, 1.807) is 24.7 Å². The molecule has 158 valence electrons. The smallest absolute Gasteiger partial charge is 0.192 e. The Kier molecular flexibility index (Phi) is 7.55. The number of pyridine rings is 1. The molecule has 0 saturated carbocycles. The molecule has 0 spiro atoms. The van der Waals surface area contributed by atoms with Crippen molar-refractivity contribution in [2.75, 3.05) is 24.4 Å². The van der Waals surface area contributed by atoms with Gasteiger partial charge < -0.3 is 9.46 Å². The molecular formula is C22H25FN4OS2. The lowest BCUT2D eigenvalue weighted by molar-refractivity contribution is 0.119. The molecule has 5 nitrogen and oxygen atoms in total. The molecule has 8 heteroatoms. The van der Waals surface area contributed by atoms with Crippen molar-refractivity contribution in [2.45, 2.75) is 36.6 Å². The minimum absolute atomic E-state index is 0.199. The molecule has 2 aliphatic rings. The zero-order chi connectivity index (χ0) is 20.6. The number of fused-ring (bicyclic) bond motifs is 1. The Morgan fingerprint density at radius 3 is 2.60 bits per heavy atom. The minimum Gasteiger partial charge on any atom is -0.493 e. The number of thiazole rings is 1. The van der Waals surface area contributed by atoms with Crippen molar-refractivity contribution in [3.05, 3.63) is 65.7 Å². The SMILES string of the molecule is Fc1cc2c(cc1SNc1nccs1)OCCC2N1CCCCC1.c1ccncc1. The molecule has 30 heavy (non-hydrogen) atoms. The summed E-state index contributed by atoms with van der Waals surface area (Å²) in [5.74, 6) is 0.622. The van der Waals surface area contributed by atoms with Crippen molar-refractivity contribution >= 4 is 28.4 Å². The maximum absolute atomic E-state index is 14.6. The summed E-state index contributed by atoms with van der Waals surface area (Å²) in [6, 6.07) is 9.49. The van der Waals surface area contributed by atoms with Crippen LogP contribution < -0.4 is 9.46 Å². The van der Waals surface area contributed by atoms with E-state index in [9.17, 15) is 4.39 Å². The van der Waals surface area contributed by atoms with Gasteiger partial charge in [-0.25, -0.2) is 9.37 Å². The van der Waals surface area contributed by atoms with Crippen LogP contribution >= 0.6 is 23.3 Å². The third-order valence-electron chi connectivity index (χ3n) is 5.15. The van der Waals surface area contributed by atoms with E-state index in [-0.39, 0.29) is 11.9 Å². The Morgan fingerprint density at radius 2 is 1.93 bits per heavy atom. The van der Waals surface area contributed by atoms with Crippen molar-refractivity contribution < 1.29 is 9.13 Å². The predicted molar refractivity (Wildman–Crippen MR) is 121 cm³/mol. The molecule has 1 fully saturated rings. The lowest BCUT2D eigenvalue weighted by atomic mass is 9.96. The van der Waals surface area contributed by atoms with Crippen molar-refractivity contribution in [1.29, 1.82) is 0 Å². The van der Waals surface area contributed by atoms with Gasteiger partial charge in [-0.3, -0.25) is 9.88 Å². The van der Waals surface area contributed by atoms with Crippen molar-refractivity contribution in [3.8, 4) is 5.75 Å². The number of hydrogen-bond acceptors (Lipinski definition) is 7. The van der Waals surface area contributed by atoms with Gasteiger partial charge in [0.25, 0.3) is 0 Å². The van der Waals surface area contributed by atoms with Crippen LogP contribution in [0.5, 0.6) is 5.75 Å². The molecular weight excluding hydrogens is 419 g/mol. The van der Waals surface area contributed by atoms with Crippen molar-refractivity contribution in [1.82, 2.24) is 14.9 Å². The average Bonchev–Trinajstić information content (AvgIpc) is 3.33. The highest BCUT2D eigenvalue weighted by molar-refractivity contribution is 8.00. The highest BCUT2D eigenvalue weighted by Gasteiger charge is 2.29. The number of likely N-dealkylation sites (tertiary alicyclic amines) is 1. The van der Waals surface area contributed by atoms with E-state index >= 15 is 0 Å². The van der Waals surface area contributed by atoms with Crippen LogP contribution in [-0.4, -0.2) is 34.6 Å². The molecule has 4 heterocycles. The molecule has 1 saturated heterocycles. The lowest BCUT2D eigenvalue weighted by Crippen LogP contribution is -2.36. The zero-order valence-corrected chi connectivity index (χ0v) is 18.3. The standard InChI is InChI=1S/C17H20FN3OS2.C5H5N/c18-13-10-12-14(21-6-2-1-3-7-21)4-8-22-15(12)11-16(13)24-20-17-19-5-9-23-17;1-2-4-6-5-3-1/h5,9-11,14H,1-4,6-8H2,(H,19,20);1-5H. The molecule has 2 aromatic heterocycles. The van der Waals surface area contributed by atoms with Crippen molar-refractivity contribution in [2.24, 2.45) is 0 Å². The van der Waals surface area contributed by atoms with Crippen LogP contribution in [0.3, 0.4) is 0 Å². The summed E-state index contributed by atoms with van der Waals surface area (Å²) in [6.45, 7) is 2.91. The first-order chi connectivity index (χ1) is 14.8. The molecule has 0 bridgehead atoms. The van der Waals surface area contributed by atoms with Gasteiger partial charge in [-0.1, -0.05) is 12.5 Å². The van der Waals surface area contributed by atoms with E-state index in [1.165, 1.54) is 42.5 Å². The van der Waals surface area contributed by atoms with E-state index in [0.29, 0.717) is 11.5 Å². The van der Waals surface area contributed by atoms with Gasteiger partial charge in [-0.15, -0.1) is 11.3 Å². The van der Waals surface area contributed by atoms with Gasteiger partial charge in [0, 0.05) is 42.0 Å². The number of benzene rings is 1. The molecule has 1 N–H and O–H groups in total. The maximum atomic E-state index is 14.6. The number of piperidine rings is 1. The summed E-state index contributed by atoms with van der Waals surface area (Å²) in [4.78, 5) is 11.0. The van der Waals surface area contributed by atoms with E-state index in [1.807, 2.05) is 29.6 Å². The largest absolute Gasteiger partial charge is 0.493 e. The van der Waals surface area contributed by atoms with Gasteiger partial charge in [0.15, 0.2) is 5.13 Å². The first-order valence-corrected chi connectivity index (χ1v) is 11.9. The molecule has 3 aromatic rings. The summed E-state index contributed by atoms with van der Waals surface area (Å²) in [5, 5.41) is 2.66. The van der Waals surface area contributed by atoms with Crippen LogP contribution in [-0.2, 0) is 0 Å². The normalized spacial score (nSPS) is 18.5. The van der Waals surface area contributed by atoms with Crippen LogP contribution in [0.25, 0.3) is 0 Å². The molecule has 1 aromatic carbocycles. The molecule has 5 rings (SSSR count). The summed E-state index contributed by atoms with van der Waals surface area (Å²) in [6.07, 6.45) is 9.94. The second-order valence-electron chi connectivity index (χ2n) is 7.14. The number of ether oxygens (including phenoxy) is 1. The highest BCUT2D eigenvalue weighted by Crippen LogP contribution is 2.40. The third-order valence-corrected chi connectivity index (χ3v) is 6.80. The van der Waals surface area contributed by atoms with Crippen LogP contribution in [0.4, 0.5) is 9.52 Å². The fourth-order valence-electron chi connectivity index (χ4n) is 3.74. The fraction of sp³-hybridized carbons (Fsp3) is 0.364. The topological polar surface area (TPSA) is 50.3 Å². The van der Waals surface area contributed by atoms with E-state index in [4.69, 9.17) is 4.74 Å². The average molecular weight is 445 g/mol. The highest BCUT2D eigenvalue weighted by atomic mass is 32.2. The summed E-state index contributed by atoms with van der Waals surface area (Å²) < 4.78 is 23.5. The Labute approximate surface area is 184 Å². The Bertz CT molecular complexity index is 878. The summed E-state index contributed by atoms with van der Waals surface area (Å²) in [7, 11) is 0. The van der Waals surface area contributed by atoms with E-state index in [2.05, 4.69) is 19.6 Å². The van der Waals surface area contributed by atoms with Gasteiger partial charge in [0.2, 0.25) is 0 Å². The van der Waals surface area contributed by atoms with Crippen LogP contribution in [0.2, 0.25) is 0 Å². The summed E-state index contributed by atoms with van der Waals surface area (Å²) in [5.41, 5.74) is 0.999. The molecule has 0 radical (unpaired) electrons. The molecule has 2 aliphatic heterocycles. The fourth-order valence-corrected chi connectivity index (χ4v) is 5.01. The number of hydrogen-bond donors (Lipinski definition) is 1. The van der Waals surface area contributed by atoms with Crippen LogP contribution in [0, 0.1) is 5.82 Å². The van der Waals surface area contributed by atoms with Gasteiger partial charge in [-0.2, -0.15) is 0 Å². The minimum atomic E-state index is -0.199. The Balaban J connectivity index is 0.000000313. The van der Waals surface area contributed by atoms with Gasteiger partial charge in [0.05, 0.1) is 11.5 Å². The first-order valence-electron chi connectivity index (χ1n) is 10.2. The second kappa shape index (κ2) is 10.7. The molecule has 1 unspecified atom stereocenters. The molecule has 1 atom stereocenters. The first kappa shape index (κ1) is 21.1. The predicted octanol–water partition coefficient (Wildman–Crippen LogP) is 5.79. The zero-order valence-electron chi connectivity index (χ0n) is 16.7. The quantitative estimate of drug-likeness (QED) is 0.514. The number of aromatic nitrogens is 2. The maximum Gasteiger partial charge on any atom is 0.192 e. The Hall–Kier alpha value is -2.16. The van der Waals surface area contributed by atoms with E-state index in [0.717, 1.165) is 36.0 Å². The number of anilines is 1. The number of halogens is 1. The van der Waals surface area contributed by atoms with Gasteiger partial charge >= 0.3 is 0 Å². The van der Waals surface area contributed by atoms with Gasteiger partial charge in [0.1, 0.15) is 11.6 Å². The number of nitrogens with zero attached hydrogens (tertiary/aromatic N) is 3. The van der Waals surface area contributed by atoms with Crippen LogP contribution in [0.15, 0.2) is 59.2 Å². The Morgan fingerprint density at radius 1 is 1.10 bits per heavy atom.